The van der Waals surface area contributed by atoms with E-state index in [-0.39, 0.29) is 23.0 Å². The van der Waals surface area contributed by atoms with Crippen LogP contribution in [0.5, 0.6) is 0 Å². The predicted octanol–water partition coefficient (Wildman–Crippen LogP) is 0.358. The van der Waals surface area contributed by atoms with Gasteiger partial charge in [0.25, 0.3) is 5.91 Å². The van der Waals surface area contributed by atoms with Gasteiger partial charge in [-0.1, -0.05) is 0 Å². The molecule has 0 aromatic carbocycles. The molecular formula is C11H16N4O2. The summed E-state index contributed by atoms with van der Waals surface area (Å²) in [5.41, 5.74) is 5.39. The van der Waals surface area contributed by atoms with Crippen LogP contribution in [0.15, 0.2) is 12.4 Å². The minimum Gasteiger partial charge on any atom is -0.382 e. The minimum absolute atomic E-state index is 0.233. The highest BCUT2D eigenvalue weighted by Gasteiger charge is 2.30. The molecule has 1 unspecified atom stereocenters. The first-order valence-electron chi connectivity index (χ1n) is 5.57. The predicted molar refractivity (Wildman–Crippen MR) is 62.4 cm³/mol. The molecule has 1 fully saturated rings. The third-order valence-corrected chi connectivity index (χ3v) is 2.74. The molecule has 1 aliphatic heterocycles. The van der Waals surface area contributed by atoms with Gasteiger partial charge in [-0.2, -0.15) is 0 Å². The average Bonchev–Trinajstić information content (AvgIpc) is 2.29. The first kappa shape index (κ1) is 11.8. The van der Waals surface area contributed by atoms with Crippen LogP contribution in [-0.4, -0.2) is 34.6 Å². The van der Waals surface area contributed by atoms with E-state index in [2.05, 4.69) is 15.3 Å². The van der Waals surface area contributed by atoms with Crippen molar-refractivity contribution in [3.05, 3.63) is 18.1 Å². The maximum atomic E-state index is 11.9. The molecule has 2 heterocycles. The lowest BCUT2D eigenvalue weighted by molar-refractivity contribution is 0.0271. The van der Waals surface area contributed by atoms with Crippen LogP contribution < -0.4 is 11.1 Å². The molecule has 0 saturated carbocycles. The van der Waals surface area contributed by atoms with E-state index in [1.165, 1.54) is 12.4 Å². The molecular weight excluding hydrogens is 220 g/mol. The minimum atomic E-state index is -0.332. The van der Waals surface area contributed by atoms with Crippen LogP contribution in [0.2, 0.25) is 0 Å². The van der Waals surface area contributed by atoms with Crippen molar-refractivity contribution >= 4 is 11.7 Å². The standard InChI is InChI=1S/C11H16N4O2/c1-11(3-2-4-17-7-11)15-10(16)8-5-13-6-9(12)14-8/h5-6H,2-4,7H2,1H3,(H2,12,14)(H,15,16). The van der Waals surface area contributed by atoms with Crippen molar-refractivity contribution in [3.63, 3.8) is 0 Å². The second kappa shape index (κ2) is 4.67. The van der Waals surface area contributed by atoms with Crippen LogP contribution in [0, 0.1) is 0 Å². The number of carbonyl (C=O) groups is 1. The molecule has 0 aliphatic carbocycles. The molecule has 0 radical (unpaired) electrons. The van der Waals surface area contributed by atoms with Crippen molar-refractivity contribution in [2.24, 2.45) is 0 Å². The average molecular weight is 236 g/mol. The number of ether oxygens (including phenoxy) is 1. The summed E-state index contributed by atoms with van der Waals surface area (Å²) in [5, 5.41) is 2.92. The van der Waals surface area contributed by atoms with Crippen molar-refractivity contribution in [1.29, 1.82) is 0 Å². The summed E-state index contributed by atoms with van der Waals surface area (Å²) in [5.74, 6) is -0.0273. The summed E-state index contributed by atoms with van der Waals surface area (Å²) >= 11 is 0. The van der Waals surface area contributed by atoms with Crippen molar-refractivity contribution in [1.82, 2.24) is 15.3 Å². The fourth-order valence-electron chi connectivity index (χ4n) is 1.86. The van der Waals surface area contributed by atoms with Crippen LogP contribution in [0.4, 0.5) is 5.82 Å². The molecule has 1 atom stereocenters. The monoisotopic (exact) mass is 236 g/mol. The number of carbonyl (C=O) groups excluding carboxylic acids is 1. The lowest BCUT2D eigenvalue weighted by Gasteiger charge is -2.34. The highest BCUT2D eigenvalue weighted by Crippen LogP contribution is 2.18. The Labute approximate surface area is 99.6 Å². The molecule has 1 saturated heterocycles. The van der Waals surface area contributed by atoms with Crippen molar-refractivity contribution in [2.75, 3.05) is 18.9 Å². The lowest BCUT2D eigenvalue weighted by atomic mass is 9.95. The first-order valence-corrected chi connectivity index (χ1v) is 5.57. The number of nitrogens with one attached hydrogen (secondary N) is 1. The Hall–Kier alpha value is -1.69. The fourth-order valence-corrected chi connectivity index (χ4v) is 1.86. The molecule has 6 nitrogen and oxygen atoms in total. The van der Waals surface area contributed by atoms with E-state index in [4.69, 9.17) is 10.5 Å². The Bertz CT molecular complexity index is 416. The van der Waals surface area contributed by atoms with Crippen LogP contribution >= 0.6 is 0 Å². The largest absolute Gasteiger partial charge is 0.382 e. The van der Waals surface area contributed by atoms with Crippen LogP contribution in [0.3, 0.4) is 0 Å². The maximum Gasteiger partial charge on any atom is 0.272 e. The first-order chi connectivity index (χ1) is 8.09. The molecule has 3 N–H and O–H groups in total. The molecule has 17 heavy (non-hydrogen) atoms. The van der Waals surface area contributed by atoms with E-state index in [0.717, 1.165) is 19.4 Å². The molecule has 1 aliphatic rings. The second-order valence-electron chi connectivity index (χ2n) is 4.50. The van der Waals surface area contributed by atoms with Gasteiger partial charge in [0.15, 0.2) is 0 Å². The molecule has 6 heteroatoms. The van der Waals surface area contributed by atoms with Crippen LogP contribution in [0.1, 0.15) is 30.3 Å². The van der Waals surface area contributed by atoms with Gasteiger partial charge in [0.2, 0.25) is 0 Å². The van der Waals surface area contributed by atoms with Gasteiger partial charge in [0.1, 0.15) is 11.5 Å². The SMILES string of the molecule is CC1(NC(=O)c2cncc(N)n2)CCCOC1. The number of rotatable bonds is 2. The molecule has 1 aromatic rings. The molecule has 0 bridgehead atoms. The summed E-state index contributed by atoms with van der Waals surface area (Å²) in [6, 6.07) is 0. The third-order valence-electron chi connectivity index (χ3n) is 2.74. The molecule has 1 amide bonds. The fraction of sp³-hybridized carbons (Fsp3) is 0.545. The van der Waals surface area contributed by atoms with Crippen LogP contribution in [-0.2, 0) is 4.74 Å². The van der Waals surface area contributed by atoms with E-state index in [0.29, 0.717) is 6.61 Å². The third kappa shape index (κ3) is 2.91. The van der Waals surface area contributed by atoms with Crippen LogP contribution in [0.25, 0.3) is 0 Å². The Morgan fingerprint density at radius 3 is 3.06 bits per heavy atom. The number of hydrogen-bond donors (Lipinski definition) is 2. The highest BCUT2D eigenvalue weighted by atomic mass is 16.5. The van der Waals surface area contributed by atoms with Gasteiger partial charge < -0.3 is 15.8 Å². The van der Waals surface area contributed by atoms with Crippen molar-refractivity contribution in [3.8, 4) is 0 Å². The van der Waals surface area contributed by atoms with Crippen molar-refractivity contribution < 1.29 is 9.53 Å². The van der Waals surface area contributed by atoms with E-state index < -0.39 is 0 Å². The second-order valence-corrected chi connectivity index (χ2v) is 4.50. The maximum absolute atomic E-state index is 11.9. The summed E-state index contributed by atoms with van der Waals surface area (Å²) in [6.45, 7) is 3.24. The zero-order chi connectivity index (χ0) is 12.3. The highest BCUT2D eigenvalue weighted by molar-refractivity contribution is 5.92. The zero-order valence-corrected chi connectivity index (χ0v) is 9.77. The van der Waals surface area contributed by atoms with Gasteiger partial charge in [0, 0.05) is 6.61 Å². The van der Waals surface area contributed by atoms with Gasteiger partial charge in [-0.05, 0) is 19.8 Å². The Morgan fingerprint density at radius 2 is 2.41 bits per heavy atom. The Balaban J connectivity index is 2.06. The van der Waals surface area contributed by atoms with E-state index in [1.807, 2.05) is 6.92 Å². The van der Waals surface area contributed by atoms with Gasteiger partial charge >= 0.3 is 0 Å². The summed E-state index contributed by atoms with van der Waals surface area (Å²) in [6.07, 6.45) is 4.65. The quantitative estimate of drug-likeness (QED) is 0.773. The summed E-state index contributed by atoms with van der Waals surface area (Å²) < 4.78 is 5.37. The van der Waals surface area contributed by atoms with Gasteiger partial charge in [-0.15, -0.1) is 0 Å². The number of amides is 1. The number of aromatic nitrogens is 2. The van der Waals surface area contributed by atoms with E-state index in [1.54, 1.807) is 0 Å². The topological polar surface area (TPSA) is 90.1 Å². The molecule has 0 spiro atoms. The van der Waals surface area contributed by atoms with Crippen molar-refractivity contribution in [2.45, 2.75) is 25.3 Å². The van der Waals surface area contributed by atoms with Gasteiger partial charge in [-0.25, -0.2) is 4.98 Å². The summed E-state index contributed by atoms with van der Waals surface area (Å²) in [7, 11) is 0. The zero-order valence-electron chi connectivity index (χ0n) is 9.77. The van der Waals surface area contributed by atoms with Gasteiger partial charge in [0.05, 0.1) is 24.5 Å². The Morgan fingerprint density at radius 1 is 1.59 bits per heavy atom. The molecule has 2 rings (SSSR count). The summed E-state index contributed by atoms with van der Waals surface area (Å²) in [4.78, 5) is 19.7. The molecule has 1 aromatic heterocycles. The normalized spacial score (nSPS) is 24.3. The van der Waals surface area contributed by atoms with E-state index >= 15 is 0 Å². The number of anilines is 1. The smallest absolute Gasteiger partial charge is 0.272 e. The number of nitrogens with zero attached hydrogens (tertiary/aromatic N) is 2. The number of nitrogens with two attached hydrogens (primary N) is 1. The lowest BCUT2D eigenvalue weighted by Crippen LogP contribution is -2.51. The Kier molecular flexibility index (Phi) is 3.23. The van der Waals surface area contributed by atoms with E-state index in [9.17, 15) is 4.79 Å². The number of hydrogen-bond acceptors (Lipinski definition) is 5. The molecule has 92 valence electrons. The number of nitrogen functional groups attached to an aromatic ring is 1. The van der Waals surface area contributed by atoms with Gasteiger partial charge in [-0.3, -0.25) is 9.78 Å².